The molecule has 0 amide bonds. The highest BCUT2D eigenvalue weighted by Gasteiger charge is 2.35. The van der Waals surface area contributed by atoms with E-state index in [-0.39, 0.29) is 0 Å². The summed E-state index contributed by atoms with van der Waals surface area (Å²) >= 11 is 0. The molecule has 1 saturated heterocycles. The summed E-state index contributed by atoms with van der Waals surface area (Å²) in [6.45, 7) is 10.4. The summed E-state index contributed by atoms with van der Waals surface area (Å²) in [6.07, 6.45) is 8.40. The van der Waals surface area contributed by atoms with Gasteiger partial charge in [-0.2, -0.15) is 0 Å². The highest BCUT2D eigenvalue weighted by molar-refractivity contribution is 4.91. The van der Waals surface area contributed by atoms with Gasteiger partial charge < -0.3 is 10.1 Å². The molecule has 0 radical (unpaired) electrons. The van der Waals surface area contributed by atoms with E-state index in [0.717, 1.165) is 6.61 Å². The van der Waals surface area contributed by atoms with Gasteiger partial charge in [0, 0.05) is 18.7 Å². The highest BCUT2D eigenvalue weighted by Crippen LogP contribution is 2.36. The predicted octanol–water partition coefficient (Wildman–Crippen LogP) is 3.75. The van der Waals surface area contributed by atoms with Crippen molar-refractivity contribution in [2.75, 3.05) is 6.61 Å². The quantitative estimate of drug-likeness (QED) is 0.827. The second-order valence-electron chi connectivity index (χ2n) is 7.33. The van der Waals surface area contributed by atoms with Crippen LogP contribution in [0.25, 0.3) is 0 Å². The standard InChI is InChI=1S/C16H31NO/c1-12(2)14-11-13(8-10-18-14)17-15-7-5-6-9-16(15,3)4/h12-15,17H,5-11H2,1-4H3. The molecule has 0 spiro atoms. The second kappa shape index (κ2) is 5.92. The molecule has 0 bridgehead atoms. The zero-order valence-corrected chi connectivity index (χ0v) is 12.7. The third-order valence-corrected chi connectivity index (χ3v) is 5.00. The lowest BCUT2D eigenvalue weighted by Crippen LogP contribution is -2.51. The van der Waals surface area contributed by atoms with Crippen LogP contribution in [0.15, 0.2) is 0 Å². The van der Waals surface area contributed by atoms with Crippen molar-refractivity contribution in [2.45, 2.75) is 84.4 Å². The van der Waals surface area contributed by atoms with Crippen molar-refractivity contribution in [1.29, 1.82) is 0 Å². The summed E-state index contributed by atoms with van der Waals surface area (Å²) in [6, 6.07) is 1.38. The van der Waals surface area contributed by atoms with E-state index in [1.807, 2.05) is 0 Å². The normalized spacial score (nSPS) is 36.8. The Hall–Kier alpha value is -0.0800. The Morgan fingerprint density at radius 2 is 1.94 bits per heavy atom. The number of ether oxygens (including phenoxy) is 1. The van der Waals surface area contributed by atoms with E-state index >= 15 is 0 Å². The van der Waals surface area contributed by atoms with E-state index in [1.54, 1.807) is 0 Å². The van der Waals surface area contributed by atoms with Gasteiger partial charge in [-0.3, -0.25) is 0 Å². The van der Waals surface area contributed by atoms with Crippen LogP contribution in [0.1, 0.15) is 66.2 Å². The lowest BCUT2D eigenvalue weighted by molar-refractivity contribution is -0.0298. The maximum Gasteiger partial charge on any atom is 0.0612 e. The van der Waals surface area contributed by atoms with Crippen molar-refractivity contribution >= 4 is 0 Å². The van der Waals surface area contributed by atoms with Gasteiger partial charge in [-0.05, 0) is 37.0 Å². The monoisotopic (exact) mass is 253 g/mol. The molecule has 0 aromatic rings. The summed E-state index contributed by atoms with van der Waals surface area (Å²) in [5.41, 5.74) is 0.476. The molecule has 2 aliphatic rings. The molecule has 1 saturated carbocycles. The third kappa shape index (κ3) is 3.48. The Balaban J connectivity index is 1.88. The van der Waals surface area contributed by atoms with Crippen LogP contribution in [-0.4, -0.2) is 24.8 Å². The molecular weight excluding hydrogens is 222 g/mol. The fourth-order valence-electron chi connectivity index (χ4n) is 3.53. The van der Waals surface area contributed by atoms with Gasteiger partial charge in [-0.15, -0.1) is 0 Å². The fraction of sp³-hybridized carbons (Fsp3) is 1.00. The molecule has 2 nitrogen and oxygen atoms in total. The molecule has 3 unspecified atom stereocenters. The van der Waals surface area contributed by atoms with Gasteiger partial charge in [0.15, 0.2) is 0 Å². The van der Waals surface area contributed by atoms with E-state index in [2.05, 4.69) is 33.0 Å². The maximum absolute atomic E-state index is 5.87. The lowest BCUT2D eigenvalue weighted by Gasteiger charge is -2.43. The summed E-state index contributed by atoms with van der Waals surface area (Å²) in [4.78, 5) is 0. The fourth-order valence-corrected chi connectivity index (χ4v) is 3.53. The van der Waals surface area contributed by atoms with Crippen molar-refractivity contribution in [1.82, 2.24) is 5.32 Å². The molecular formula is C16H31NO. The van der Waals surface area contributed by atoms with E-state index < -0.39 is 0 Å². The van der Waals surface area contributed by atoms with Gasteiger partial charge in [-0.25, -0.2) is 0 Å². The second-order valence-corrected chi connectivity index (χ2v) is 7.33. The summed E-state index contributed by atoms with van der Waals surface area (Å²) in [5, 5.41) is 3.95. The average Bonchev–Trinajstić information content (AvgIpc) is 2.32. The van der Waals surface area contributed by atoms with Crippen molar-refractivity contribution in [3.63, 3.8) is 0 Å². The summed E-state index contributed by atoms with van der Waals surface area (Å²) < 4.78 is 5.87. The SMILES string of the molecule is CC(C)C1CC(NC2CCCCC2(C)C)CCO1. The molecule has 1 aliphatic heterocycles. The third-order valence-electron chi connectivity index (χ3n) is 5.00. The molecule has 3 atom stereocenters. The lowest BCUT2D eigenvalue weighted by atomic mass is 9.73. The molecule has 1 aliphatic carbocycles. The van der Waals surface area contributed by atoms with E-state index in [1.165, 1.54) is 38.5 Å². The first-order chi connectivity index (χ1) is 8.49. The van der Waals surface area contributed by atoms with Crippen LogP contribution >= 0.6 is 0 Å². The molecule has 1 N–H and O–H groups in total. The van der Waals surface area contributed by atoms with Gasteiger partial charge in [0.25, 0.3) is 0 Å². The minimum Gasteiger partial charge on any atom is -0.378 e. The molecule has 2 fully saturated rings. The van der Waals surface area contributed by atoms with Crippen LogP contribution in [-0.2, 0) is 4.74 Å². The van der Waals surface area contributed by atoms with Crippen molar-refractivity contribution in [3.8, 4) is 0 Å². The molecule has 2 heteroatoms. The van der Waals surface area contributed by atoms with Gasteiger partial charge >= 0.3 is 0 Å². The Bertz CT molecular complexity index is 262. The van der Waals surface area contributed by atoms with Crippen molar-refractivity contribution in [2.24, 2.45) is 11.3 Å². The first kappa shape index (κ1) is 14.3. The van der Waals surface area contributed by atoms with Crippen molar-refractivity contribution in [3.05, 3.63) is 0 Å². The highest BCUT2D eigenvalue weighted by atomic mass is 16.5. The van der Waals surface area contributed by atoms with Gasteiger partial charge in [0.2, 0.25) is 0 Å². The Kier molecular flexibility index (Phi) is 4.71. The summed E-state index contributed by atoms with van der Waals surface area (Å²) in [5.74, 6) is 0.647. The predicted molar refractivity (Wildman–Crippen MR) is 76.8 cm³/mol. The minimum absolute atomic E-state index is 0.461. The molecule has 0 aromatic carbocycles. The van der Waals surface area contributed by atoms with Crippen LogP contribution in [0, 0.1) is 11.3 Å². The van der Waals surface area contributed by atoms with E-state index in [4.69, 9.17) is 4.74 Å². The van der Waals surface area contributed by atoms with Crippen LogP contribution in [0.2, 0.25) is 0 Å². The molecule has 18 heavy (non-hydrogen) atoms. The van der Waals surface area contributed by atoms with E-state index in [9.17, 15) is 0 Å². The van der Waals surface area contributed by atoms with E-state index in [0.29, 0.717) is 29.5 Å². The number of rotatable bonds is 3. The zero-order chi connectivity index (χ0) is 13.2. The first-order valence-electron chi connectivity index (χ1n) is 7.86. The molecule has 1 heterocycles. The topological polar surface area (TPSA) is 21.3 Å². The largest absolute Gasteiger partial charge is 0.378 e. The Labute approximate surface area is 113 Å². The number of hydrogen-bond donors (Lipinski definition) is 1. The number of nitrogens with one attached hydrogen (secondary N) is 1. The first-order valence-corrected chi connectivity index (χ1v) is 7.86. The molecule has 0 aromatic heterocycles. The average molecular weight is 253 g/mol. The zero-order valence-electron chi connectivity index (χ0n) is 12.7. The van der Waals surface area contributed by atoms with Crippen molar-refractivity contribution < 1.29 is 4.74 Å². The Morgan fingerprint density at radius 1 is 1.17 bits per heavy atom. The number of hydrogen-bond acceptors (Lipinski definition) is 2. The Morgan fingerprint density at radius 3 is 2.61 bits per heavy atom. The smallest absolute Gasteiger partial charge is 0.0612 e. The molecule has 106 valence electrons. The van der Waals surface area contributed by atoms with Gasteiger partial charge in [0.05, 0.1) is 6.10 Å². The summed E-state index contributed by atoms with van der Waals surface area (Å²) in [7, 11) is 0. The minimum atomic E-state index is 0.461. The van der Waals surface area contributed by atoms with Crippen LogP contribution in [0.5, 0.6) is 0 Å². The van der Waals surface area contributed by atoms with Crippen LogP contribution < -0.4 is 5.32 Å². The molecule has 2 rings (SSSR count). The van der Waals surface area contributed by atoms with Gasteiger partial charge in [0.1, 0.15) is 0 Å². The van der Waals surface area contributed by atoms with Crippen LogP contribution in [0.3, 0.4) is 0 Å². The van der Waals surface area contributed by atoms with Gasteiger partial charge in [-0.1, -0.05) is 40.5 Å². The van der Waals surface area contributed by atoms with Crippen LogP contribution in [0.4, 0.5) is 0 Å². The maximum atomic E-state index is 5.87.